The van der Waals surface area contributed by atoms with Gasteiger partial charge in [0.25, 0.3) is 0 Å². The Balaban J connectivity index is 3.19. The number of ether oxygens (including phenoxy) is 1. The van der Waals surface area contributed by atoms with Crippen molar-refractivity contribution in [2.75, 3.05) is 7.11 Å². The van der Waals surface area contributed by atoms with Crippen molar-refractivity contribution >= 4 is 31.9 Å². The largest absolute Gasteiger partial charge is 0.495 e. The molecular formula is C10H12BrNO5S. The van der Waals surface area contributed by atoms with Gasteiger partial charge < -0.3 is 9.84 Å². The van der Waals surface area contributed by atoms with E-state index >= 15 is 0 Å². The standard InChI is InChI=1S/C10H12BrNO5S/c1-6(10(13)14)12-18(15,16)9-5-7(11)3-4-8(9)17-2/h3-6,12H,1-2H3,(H,13,14)/t6-/m0/s1. The molecule has 2 N–H and O–H groups in total. The van der Waals surface area contributed by atoms with Crippen LogP contribution in [-0.2, 0) is 14.8 Å². The Bertz CT molecular complexity index is 557. The van der Waals surface area contributed by atoms with Gasteiger partial charge >= 0.3 is 5.97 Å². The monoisotopic (exact) mass is 337 g/mol. The number of hydrogen-bond donors (Lipinski definition) is 2. The maximum Gasteiger partial charge on any atom is 0.321 e. The van der Waals surface area contributed by atoms with E-state index in [1.165, 1.54) is 26.2 Å². The molecule has 1 rings (SSSR count). The van der Waals surface area contributed by atoms with Crippen molar-refractivity contribution in [2.24, 2.45) is 0 Å². The first-order valence-electron chi connectivity index (χ1n) is 4.86. The molecule has 6 nitrogen and oxygen atoms in total. The van der Waals surface area contributed by atoms with Crippen molar-refractivity contribution in [1.82, 2.24) is 4.72 Å². The lowest BCUT2D eigenvalue weighted by atomic mass is 10.3. The number of benzene rings is 1. The van der Waals surface area contributed by atoms with E-state index in [4.69, 9.17) is 9.84 Å². The minimum atomic E-state index is -3.96. The Morgan fingerprint density at radius 1 is 1.50 bits per heavy atom. The van der Waals surface area contributed by atoms with Gasteiger partial charge in [-0.2, -0.15) is 4.72 Å². The van der Waals surface area contributed by atoms with E-state index in [2.05, 4.69) is 15.9 Å². The van der Waals surface area contributed by atoms with Crippen molar-refractivity contribution in [2.45, 2.75) is 17.9 Å². The predicted octanol–water partition coefficient (Wildman–Crippen LogP) is 1.21. The minimum Gasteiger partial charge on any atom is -0.495 e. The highest BCUT2D eigenvalue weighted by Crippen LogP contribution is 2.27. The molecule has 0 saturated heterocycles. The van der Waals surface area contributed by atoms with Crippen molar-refractivity contribution in [3.63, 3.8) is 0 Å². The summed E-state index contributed by atoms with van der Waals surface area (Å²) in [6, 6.07) is 3.22. The van der Waals surface area contributed by atoms with Gasteiger partial charge in [-0.05, 0) is 25.1 Å². The molecule has 0 saturated carbocycles. The van der Waals surface area contributed by atoms with Gasteiger partial charge in [0.1, 0.15) is 16.7 Å². The second-order valence-electron chi connectivity index (χ2n) is 3.48. The first-order chi connectivity index (χ1) is 8.27. The number of methoxy groups -OCH3 is 1. The van der Waals surface area contributed by atoms with Crippen LogP contribution in [0.4, 0.5) is 0 Å². The lowest BCUT2D eigenvalue weighted by molar-refractivity contribution is -0.138. The van der Waals surface area contributed by atoms with E-state index in [1.807, 2.05) is 4.72 Å². The topological polar surface area (TPSA) is 92.7 Å². The van der Waals surface area contributed by atoms with Crippen LogP contribution in [0.3, 0.4) is 0 Å². The molecule has 0 aromatic heterocycles. The zero-order valence-corrected chi connectivity index (χ0v) is 12.1. The van der Waals surface area contributed by atoms with E-state index < -0.39 is 22.0 Å². The highest BCUT2D eigenvalue weighted by molar-refractivity contribution is 9.10. The number of halogens is 1. The summed E-state index contributed by atoms with van der Waals surface area (Å²) in [5.41, 5.74) is 0. The van der Waals surface area contributed by atoms with Gasteiger partial charge in [-0.15, -0.1) is 0 Å². The van der Waals surface area contributed by atoms with Gasteiger partial charge in [0.2, 0.25) is 10.0 Å². The van der Waals surface area contributed by atoms with E-state index in [1.54, 1.807) is 6.07 Å². The highest BCUT2D eigenvalue weighted by Gasteiger charge is 2.24. The fourth-order valence-electron chi connectivity index (χ4n) is 1.21. The van der Waals surface area contributed by atoms with Crippen LogP contribution < -0.4 is 9.46 Å². The Morgan fingerprint density at radius 2 is 2.11 bits per heavy atom. The Labute approximate surface area is 113 Å². The molecular weight excluding hydrogens is 326 g/mol. The second kappa shape index (κ2) is 5.68. The molecule has 0 amide bonds. The number of sulfonamides is 1. The van der Waals surface area contributed by atoms with Crippen LogP contribution in [0.1, 0.15) is 6.92 Å². The summed E-state index contributed by atoms with van der Waals surface area (Å²) in [6.45, 7) is 1.24. The van der Waals surface area contributed by atoms with Gasteiger partial charge in [-0.25, -0.2) is 8.42 Å². The molecule has 0 radical (unpaired) electrons. The summed E-state index contributed by atoms with van der Waals surface area (Å²) in [5, 5.41) is 8.71. The van der Waals surface area contributed by atoms with Crippen LogP contribution in [0, 0.1) is 0 Å². The van der Waals surface area contributed by atoms with Gasteiger partial charge in [0.15, 0.2) is 0 Å². The van der Waals surface area contributed by atoms with Crippen LogP contribution in [0.5, 0.6) is 5.75 Å². The summed E-state index contributed by atoms with van der Waals surface area (Å²) >= 11 is 3.15. The first kappa shape index (κ1) is 14.9. The molecule has 1 aromatic carbocycles. The second-order valence-corrected chi connectivity index (χ2v) is 6.07. The van der Waals surface area contributed by atoms with E-state index in [0.717, 1.165) is 0 Å². The van der Waals surface area contributed by atoms with Gasteiger partial charge in [-0.3, -0.25) is 4.79 Å². The number of rotatable bonds is 5. The number of carbonyl (C=O) groups is 1. The first-order valence-corrected chi connectivity index (χ1v) is 7.14. The molecule has 100 valence electrons. The molecule has 18 heavy (non-hydrogen) atoms. The zero-order valence-electron chi connectivity index (χ0n) is 9.68. The fourth-order valence-corrected chi connectivity index (χ4v) is 3.11. The van der Waals surface area contributed by atoms with Crippen LogP contribution in [0.2, 0.25) is 0 Å². The van der Waals surface area contributed by atoms with Crippen LogP contribution in [0.25, 0.3) is 0 Å². The molecule has 0 unspecified atom stereocenters. The molecule has 1 atom stereocenters. The van der Waals surface area contributed by atoms with Crippen molar-refractivity contribution in [1.29, 1.82) is 0 Å². The van der Waals surface area contributed by atoms with E-state index in [0.29, 0.717) is 4.47 Å². The Morgan fingerprint density at radius 3 is 2.61 bits per heavy atom. The maximum absolute atomic E-state index is 12.0. The van der Waals surface area contributed by atoms with E-state index in [-0.39, 0.29) is 10.6 Å². The predicted molar refractivity (Wildman–Crippen MR) is 68.1 cm³/mol. The smallest absolute Gasteiger partial charge is 0.321 e. The summed E-state index contributed by atoms with van der Waals surface area (Å²) in [5.74, 6) is -1.11. The molecule has 1 aromatic rings. The van der Waals surface area contributed by atoms with Crippen LogP contribution in [-0.4, -0.2) is 32.6 Å². The number of carboxylic acids is 1. The van der Waals surface area contributed by atoms with Crippen molar-refractivity contribution in [3.8, 4) is 5.75 Å². The number of hydrogen-bond acceptors (Lipinski definition) is 4. The SMILES string of the molecule is COc1ccc(Br)cc1S(=O)(=O)N[C@@H](C)C(=O)O. The third-order valence-electron chi connectivity index (χ3n) is 2.12. The molecule has 0 fully saturated rings. The Kier molecular flexibility index (Phi) is 4.71. The molecule has 8 heteroatoms. The van der Waals surface area contributed by atoms with Crippen LogP contribution >= 0.6 is 15.9 Å². The number of nitrogens with one attached hydrogen (secondary N) is 1. The molecule has 0 aliphatic heterocycles. The lowest BCUT2D eigenvalue weighted by Gasteiger charge is -2.13. The fraction of sp³-hybridized carbons (Fsp3) is 0.300. The summed E-state index contributed by atoms with van der Waals surface area (Å²) < 4.78 is 31.5. The molecule has 0 bridgehead atoms. The highest BCUT2D eigenvalue weighted by atomic mass is 79.9. The minimum absolute atomic E-state index is 0.118. The Hall–Kier alpha value is -1.12. The van der Waals surface area contributed by atoms with Crippen LogP contribution in [0.15, 0.2) is 27.6 Å². The molecule has 0 spiro atoms. The summed E-state index contributed by atoms with van der Waals surface area (Å²) in [6.07, 6.45) is 0. The third kappa shape index (κ3) is 3.44. The molecule has 0 aliphatic rings. The number of aliphatic carboxylic acids is 1. The van der Waals surface area contributed by atoms with Gasteiger partial charge in [0, 0.05) is 4.47 Å². The third-order valence-corrected chi connectivity index (χ3v) is 4.17. The zero-order chi connectivity index (χ0) is 13.9. The van der Waals surface area contributed by atoms with E-state index in [9.17, 15) is 13.2 Å². The van der Waals surface area contributed by atoms with Gasteiger partial charge in [-0.1, -0.05) is 15.9 Å². The lowest BCUT2D eigenvalue weighted by Crippen LogP contribution is -2.38. The average Bonchev–Trinajstić information content (AvgIpc) is 2.28. The molecule has 0 heterocycles. The van der Waals surface area contributed by atoms with Gasteiger partial charge in [0.05, 0.1) is 7.11 Å². The quantitative estimate of drug-likeness (QED) is 0.842. The maximum atomic E-state index is 12.0. The summed E-state index contributed by atoms with van der Waals surface area (Å²) in [7, 11) is -2.62. The summed E-state index contributed by atoms with van der Waals surface area (Å²) in [4.78, 5) is 10.5. The number of carboxylic acid groups (broad SMARTS) is 1. The van der Waals surface area contributed by atoms with Crippen molar-refractivity contribution < 1.29 is 23.1 Å². The van der Waals surface area contributed by atoms with Crippen molar-refractivity contribution in [3.05, 3.63) is 22.7 Å². The normalized spacial score (nSPS) is 13.1. The average molecular weight is 338 g/mol. The molecule has 0 aliphatic carbocycles.